The lowest BCUT2D eigenvalue weighted by atomic mass is 9.94. The predicted molar refractivity (Wildman–Crippen MR) is 135 cm³/mol. The predicted octanol–water partition coefficient (Wildman–Crippen LogP) is 6.54. The number of halogens is 5. The number of nitrogens with zero attached hydrogens (tertiary/aromatic N) is 4. The van der Waals surface area contributed by atoms with Crippen LogP contribution < -0.4 is 4.74 Å². The second-order valence-corrected chi connectivity index (χ2v) is 9.96. The molecule has 0 unspecified atom stereocenters. The van der Waals surface area contributed by atoms with Crippen molar-refractivity contribution in [2.75, 3.05) is 0 Å². The van der Waals surface area contributed by atoms with E-state index >= 15 is 0 Å². The molecule has 1 N–H and O–H groups in total. The minimum atomic E-state index is -4.78. The number of imidazole rings is 1. The second-order valence-electron chi connectivity index (χ2n) is 9.96. The van der Waals surface area contributed by atoms with Crippen LogP contribution in [-0.2, 0) is 4.74 Å². The largest absolute Gasteiger partial charge is 0.434 e. The summed E-state index contributed by atoms with van der Waals surface area (Å²) in [4.78, 5) is 12.6. The normalized spacial score (nSPS) is 21.6. The standard InChI is InChI=1S/C27H25F5N4O3/c1-13(12-34-24(33-4)26(2,3)37)14-8-9-16-17(10-14)36-18-11-20(23(36)35-16)38-22(27(30,31)32)15-6-5-7-19(21(15)18)39-25(28)29/h5-10,12,18,20,22,25,37H,4,11H2,1-3H3/b13-12+,34-24-/t18-,20+,22+/m1/s1. The molecule has 39 heavy (non-hydrogen) atoms. The van der Waals surface area contributed by atoms with Gasteiger partial charge in [0.05, 0.1) is 17.1 Å². The fraction of sp³-hybridized carbons (Fsp3) is 0.370. The summed E-state index contributed by atoms with van der Waals surface area (Å²) in [7, 11) is 0. The maximum Gasteiger partial charge on any atom is 0.418 e. The Balaban J connectivity index is 1.66. The van der Waals surface area contributed by atoms with Crippen LogP contribution >= 0.6 is 0 Å². The molecular weight excluding hydrogens is 523 g/mol. The number of benzene rings is 2. The average molecular weight is 549 g/mol. The third-order valence-corrected chi connectivity index (χ3v) is 6.82. The van der Waals surface area contributed by atoms with Crippen LogP contribution in [0.25, 0.3) is 16.6 Å². The van der Waals surface area contributed by atoms with Crippen molar-refractivity contribution >= 4 is 29.2 Å². The third kappa shape index (κ3) is 4.82. The van der Waals surface area contributed by atoms with Gasteiger partial charge in [0.15, 0.2) is 11.9 Å². The first kappa shape index (κ1) is 26.9. The van der Waals surface area contributed by atoms with E-state index in [4.69, 9.17) is 4.74 Å². The summed E-state index contributed by atoms with van der Waals surface area (Å²) >= 11 is 0. The Morgan fingerprint density at radius 2 is 2.00 bits per heavy atom. The lowest BCUT2D eigenvalue weighted by molar-refractivity contribution is -0.237. The minimum absolute atomic E-state index is 0.00480. The van der Waals surface area contributed by atoms with E-state index in [1.807, 2.05) is 0 Å². The molecule has 0 aliphatic carbocycles. The van der Waals surface area contributed by atoms with Gasteiger partial charge in [0, 0.05) is 18.2 Å². The highest BCUT2D eigenvalue weighted by atomic mass is 19.4. The van der Waals surface area contributed by atoms with E-state index in [0.717, 1.165) is 5.56 Å². The number of aliphatic imine (C=N–C) groups is 2. The van der Waals surface area contributed by atoms with E-state index in [0.29, 0.717) is 16.6 Å². The van der Waals surface area contributed by atoms with Gasteiger partial charge in [0.1, 0.15) is 23.3 Å². The van der Waals surface area contributed by atoms with Crippen LogP contribution in [0.5, 0.6) is 5.75 Å². The summed E-state index contributed by atoms with van der Waals surface area (Å²) in [6.45, 7) is 5.06. The first-order chi connectivity index (χ1) is 18.3. The summed E-state index contributed by atoms with van der Waals surface area (Å²) < 4.78 is 80.8. The number of ether oxygens (including phenoxy) is 2. The van der Waals surface area contributed by atoms with Gasteiger partial charge < -0.3 is 19.1 Å². The van der Waals surface area contributed by atoms with Crippen LogP contribution in [0, 0.1) is 0 Å². The molecular formula is C27H25F5N4O3. The van der Waals surface area contributed by atoms with Crippen LogP contribution in [0.2, 0.25) is 0 Å². The lowest BCUT2D eigenvalue weighted by Crippen LogP contribution is -2.29. The second kappa shape index (κ2) is 9.53. The van der Waals surface area contributed by atoms with E-state index in [1.54, 1.807) is 29.7 Å². The van der Waals surface area contributed by atoms with E-state index in [2.05, 4.69) is 26.4 Å². The zero-order valence-corrected chi connectivity index (χ0v) is 21.2. The van der Waals surface area contributed by atoms with Crippen molar-refractivity contribution in [3.05, 3.63) is 65.1 Å². The van der Waals surface area contributed by atoms with Crippen molar-refractivity contribution in [1.82, 2.24) is 9.55 Å². The summed E-state index contributed by atoms with van der Waals surface area (Å²) in [5.41, 5.74) is 0.943. The molecule has 0 amide bonds. The number of rotatable bonds is 5. The Bertz CT molecular complexity index is 1500. The minimum Gasteiger partial charge on any atom is -0.434 e. The Morgan fingerprint density at radius 1 is 1.26 bits per heavy atom. The van der Waals surface area contributed by atoms with E-state index < -0.39 is 36.6 Å². The van der Waals surface area contributed by atoms with Crippen LogP contribution in [0.3, 0.4) is 0 Å². The van der Waals surface area contributed by atoms with E-state index in [1.165, 1.54) is 38.2 Å². The molecule has 0 radical (unpaired) electrons. The number of alkyl halides is 5. The number of fused-ring (bicyclic) bond motifs is 9. The zero-order valence-electron chi connectivity index (χ0n) is 21.2. The zero-order chi connectivity index (χ0) is 28.3. The third-order valence-electron chi connectivity index (χ3n) is 6.82. The monoisotopic (exact) mass is 548 g/mol. The van der Waals surface area contributed by atoms with Gasteiger partial charge in [0.2, 0.25) is 0 Å². The molecule has 3 atom stereocenters. The molecule has 206 valence electrons. The Morgan fingerprint density at radius 3 is 2.64 bits per heavy atom. The number of amidine groups is 1. The number of hydrogen-bond donors (Lipinski definition) is 1. The van der Waals surface area contributed by atoms with Gasteiger partial charge >= 0.3 is 12.8 Å². The molecule has 5 rings (SSSR count). The highest BCUT2D eigenvalue weighted by Crippen LogP contribution is 2.55. The quantitative estimate of drug-likeness (QED) is 0.223. The van der Waals surface area contributed by atoms with Gasteiger partial charge in [-0.3, -0.25) is 0 Å². The summed E-state index contributed by atoms with van der Waals surface area (Å²) in [6.07, 6.45) is -6.52. The maximum atomic E-state index is 14.1. The number of hydrogen-bond acceptors (Lipinski definition) is 5. The molecule has 0 spiro atoms. The summed E-state index contributed by atoms with van der Waals surface area (Å²) in [5.74, 6) is 0.0647. The topological polar surface area (TPSA) is 81.2 Å². The van der Waals surface area contributed by atoms with Crippen molar-refractivity contribution in [3.8, 4) is 5.75 Å². The molecule has 2 aliphatic heterocycles. The van der Waals surface area contributed by atoms with Crippen LogP contribution in [0.15, 0.2) is 52.6 Å². The molecule has 0 saturated carbocycles. The molecule has 2 aliphatic rings. The first-order valence-corrected chi connectivity index (χ1v) is 12.1. The van der Waals surface area contributed by atoms with E-state index in [-0.39, 0.29) is 35.0 Å². The van der Waals surface area contributed by atoms with Crippen molar-refractivity contribution in [1.29, 1.82) is 0 Å². The van der Waals surface area contributed by atoms with Gasteiger partial charge in [-0.25, -0.2) is 15.0 Å². The van der Waals surface area contributed by atoms with Gasteiger partial charge in [-0.2, -0.15) is 22.0 Å². The average Bonchev–Trinajstić information content (AvgIpc) is 3.30. The van der Waals surface area contributed by atoms with E-state index in [9.17, 15) is 27.1 Å². The fourth-order valence-corrected chi connectivity index (χ4v) is 5.15. The SMILES string of the molecule is C=N/C(=N\C=C(/C)c1ccc2nc3n(c2c1)[C@@H]1C[C@@H]3O[C@H](C(F)(F)F)c2cccc(OC(F)F)c21)C(C)(C)O. The lowest BCUT2D eigenvalue weighted by Gasteiger charge is -2.27. The molecule has 2 aromatic carbocycles. The molecule has 0 saturated heterocycles. The van der Waals surface area contributed by atoms with Gasteiger partial charge in [-0.15, -0.1) is 0 Å². The number of allylic oxidation sites excluding steroid dienone is 1. The number of aliphatic hydroxyl groups is 1. The molecule has 7 nitrogen and oxygen atoms in total. The van der Waals surface area contributed by atoms with Crippen molar-refractivity contribution < 1.29 is 36.5 Å². The maximum absolute atomic E-state index is 14.1. The molecule has 1 aromatic heterocycles. The Hall–Kier alpha value is -3.64. The van der Waals surface area contributed by atoms with Crippen molar-refractivity contribution in [2.45, 2.75) is 63.8 Å². The molecule has 3 heterocycles. The Kier molecular flexibility index (Phi) is 6.58. The first-order valence-electron chi connectivity index (χ1n) is 12.1. The Labute approximate surface area is 220 Å². The fourth-order valence-electron chi connectivity index (χ4n) is 5.15. The van der Waals surface area contributed by atoms with Gasteiger partial charge in [-0.05, 0) is 62.4 Å². The van der Waals surface area contributed by atoms with Gasteiger partial charge in [-0.1, -0.05) is 18.2 Å². The highest BCUT2D eigenvalue weighted by molar-refractivity contribution is 5.93. The number of aromatic nitrogens is 2. The molecule has 3 aromatic rings. The van der Waals surface area contributed by atoms with Crippen LogP contribution in [0.4, 0.5) is 22.0 Å². The molecule has 0 fully saturated rings. The van der Waals surface area contributed by atoms with Crippen molar-refractivity contribution in [3.63, 3.8) is 0 Å². The van der Waals surface area contributed by atoms with Gasteiger partial charge in [0.25, 0.3) is 0 Å². The summed E-state index contributed by atoms with van der Waals surface area (Å²) in [6, 6.07) is 8.23. The van der Waals surface area contributed by atoms with Crippen LogP contribution in [-0.4, -0.2) is 45.6 Å². The summed E-state index contributed by atoms with van der Waals surface area (Å²) in [5, 5.41) is 10.2. The smallest absolute Gasteiger partial charge is 0.418 e. The van der Waals surface area contributed by atoms with Crippen LogP contribution in [0.1, 0.15) is 68.0 Å². The highest BCUT2D eigenvalue weighted by Gasteiger charge is 2.51. The van der Waals surface area contributed by atoms with Crippen molar-refractivity contribution in [2.24, 2.45) is 9.98 Å². The molecule has 12 heteroatoms. The molecule has 2 bridgehead atoms.